The van der Waals surface area contributed by atoms with Crippen LogP contribution in [0.25, 0.3) is 0 Å². The molecular formula is C10H14N4S. The average molecular weight is 222 g/mol. The number of nitrogen functional groups attached to an aromatic ring is 1. The number of anilines is 3. The quantitative estimate of drug-likeness (QED) is 0.838. The molecule has 2 aromatic heterocycles. The van der Waals surface area contributed by atoms with E-state index in [2.05, 4.69) is 10.4 Å². The highest BCUT2D eigenvalue weighted by Gasteiger charge is 2.11. The molecule has 0 unspecified atom stereocenters. The minimum Gasteiger partial charge on any atom is -0.394 e. The first-order valence-corrected chi connectivity index (χ1v) is 5.77. The highest BCUT2D eigenvalue weighted by atomic mass is 32.1. The first-order valence-electron chi connectivity index (χ1n) is 4.83. The van der Waals surface area contributed by atoms with E-state index in [9.17, 15) is 0 Å². The summed E-state index contributed by atoms with van der Waals surface area (Å²) < 4.78 is 1.78. The molecule has 0 atom stereocenters. The number of nitrogens with one attached hydrogen (secondary N) is 1. The van der Waals surface area contributed by atoms with Gasteiger partial charge >= 0.3 is 0 Å². The Morgan fingerprint density at radius 3 is 2.93 bits per heavy atom. The van der Waals surface area contributed by atoms with E-state index < -0.39 is 0 Å². The van der Waals surface area contributed by atoms with E-state index in [1.165, 1.54) is 0 Å². The molecule has 0 aliphatic carbocycles. The topological polar surface area (TPSA) is 55.9 Å². The lowest BCUT2D eigenvalue weighted by Crippen LogP contribution is -2.00. The molecule has 0 radical (unpaired) electrons. The summed E-state index contributed by atoms with van der Waals surface area (Å²) in [5.41, 5.74) is 8.72. The minimum absolute atomic E-state index is 0.742. The second-order valence-electron chi connectivity index (χ2n) is 3.32. The molecule has 0 saturated heterocycles. The summed E-state index contributed by atoms with van der Waals surface area (Å²) in [6.45, 7) is 2.05. The molecule has 0 aliphatic rings. The van der Waals surface area contributed by atoms with E-state index in [0.717, 1.165) is 29.3 Å². The SMILES string of the molecule is CCc1nn(C)c(Nc2ccsc2)c1N. The molecule has 0 fully saturated rings. The summed E-state index contributed by atoms with van der Waals surface area (Å²) in [6.07, 6.45) is 0.852. The van der Waals surface area contributed by atoms with Crippen LogP contribution in [0.1, 0.15) is 12.6 Å². The molecule has 5 heteroatoms. The highest BCUT2D eigenvalue weighted by molar-refractivity contribution is 7.08. The summed E-state index contributed by atoms with van der Waals surface area (Å²) in [6, 6.07) is 2.02. The zero-order valence-corrected chi connectivity index (χ0v) is 9.64. The average Bonchev–Trinajstić information content (AvgIpc) is 2.81. The molecule has 3 N–H and O–H groups in total. The van der Waals surface area contributed by atoms with E-state index in [1.807, 2.05) is 30.8 Å². The summed E-state index contributed by atoms with van der Waals surface area (Å²) in [5.74, 6) is 0.866. The van der Waals surface area contributed by atoms with Crippen molar-refractivity contribution in [2.75, 3.05) is 11.1 Å². The van der Waals surface area contributed by atoms with E-state index in [1.54, 1.807) is 16.0 Å². The Labute approximate surface area is 92.7 Å². The summed E-state index contributed by atoms with van der Waals surface area (Å²) in [4.78, 5) is 0. The predicted octanol–water partition coefficient (Wildman–Crippen LogP) is 2.37. The van der Waals surface area contributed by atoms with Gasteiger partial charge in [0.25, 0.3) is 0 Å². The molecule has 4 nitrogen and oxygen atoms in total. The first-order chi connectivity index (χ1) is 7.22. The normalized spacial score (nSPS) is 10.5. The van der Waals surface area contributed by atoms with Gasteiger partial charge in [0, 0.05) is 12.4 Å². The van der Waals surface area contributed by atoms with Gasteiger partial charge in [-0.05, 0) is 17.9 Å². The maximum atomic E-state index is 5.99. The zero-order chi connectivity index (χ0) is 10.8. The van der Waals surface area contributed by atoms with Crippen molar-refractivity contribution in [1.29, 1.82) is 0 Å². The third-order valence-corrected chi connectivity index (χ3v) is 2.96. The van der Waals surface area contributed by atoms with Gasteiger partial charge in [0.2, 0.25) is 0 Å². The minimum atomic E-state index is 0.742. The maximum absolute atomic E-state index is 5.99. The first kappa shape index (κ1) is 10.0. The fourth-order valence-electron chi connectivity index (χ4n) is 1.48. The van der Waals surface area contributed by atoms with Gasteiger partial charge in [-0.1, -0.05) is 6.92 Å². The van der Waals surface area contributed by atoms with Crippen LogP contribution in [-0.2, 0) is 13.5 Å². The number of hydrogen-bond donors (Lipinski definition) is 2. The molecule has 80 valence electrons. The van der Waals surface area contributed by atoms with Gasteiger partial charge < -0.3 is 11.1 Å². The Bertz CT molecular complexity index is 444. The number of rotatable bonds is 3. The second-order valence-corrected chi connectivity index (χ2v) is 4.10. The Hall–Kier alpha value is -1.49. The fraction of sp³-hybridized carbons (Fsp3) is 0.300. The molecule has 2 rings (SSSR count). The second kappa shape index (κ2) is 3.94. The van der Waals surface area contributed by atoms with Crippen LogP contribution < -0.4 is 11.1 Å². The number of aryl methyl sites for hydroxylation is 2. The van der Waals surface area contributed by atoms with Crippen molar-refractivity contribution in [1.82, 2.24) is 9.78 Å². The standard InChI is InChI=1S/C10H14N4S/c1-3-8-9(11)10(14(2)13-8)12-7-4-5-15-6-7/h4-6,12H,3,11H2,1-2H3. The lowest BCUT2D eigenvalue weighted by molar-refractivity contribution is 0.753. The zero-order valence-electron chi connectivity index (χ0n) is 8.82. The van der Waals surface area contributed by atoms with Crippen LogP contribution in [0, 0.1) is 0 Å². The maximum Gasteiger partial charge on any atom is 0.152 e. The van der Waals surface area contributed by atoms with Crippen molar-refractivity contribution >= 4 is 28.5 Å². The van der Waals surface area contributed by atoms with Crippen molar-refractivity contribution in [3.8, 4) is 0 Å². The molecule has 0 amide bonds. The Kier molecular flexibility index (Phi) is 2.64. The smallest absolute Gasteiger partial charge is 0.152 e. The summed E-state index contributed by atoms with van der Waals surface area (Å²) in [7, 11) is 1.89. The number of thiophene rings is 1. The van der Waals surface area contributed by atoms with Crippen molar-refractivity contribution < 1.29 is 0 Å². The van der Waals surface area contributed by atoms with Gasteiger partial charge in [-0.2, -0.15) is 16.4 Å². The molecule has 0 aromatic carbocycles. The van der Waals surface area contributed by atoms with Crippen molar-refractivity contribution in [2.45, 2.75) is 13.3 Å². The lowest BCUT2D eigenvalue weighted by atomic mass is 10.3. The van der Waals surface area contributed by atoms with Crippen molar-refractivity contribution in [3.05, 3.63) is 22.5 Å². The molecule has 0 aliphatic heterocycles. The van der Waals surface area contributed by atoms with Crippen LogP contribution in [0.4, 0.5) is 17.2 Å². The fourth-order valence-corrected chi connectivity index (χ4v) is 2.07. The van der Waals surface area contributed by atoms with E-state index >= 15 is 0 Å². The Morgan fingerprint density at radius 1 is 1.60 bits per heavy atom. The van der Waals surface area contributed by atoms with Gasteiger partial charge in [-0.15, -0.1) is 0 Å². The van der Waals surface area contributed by atoms with Crippen molar-refractivity contribution in [2.24, 2.45) is 7.05 Å². The largest absolute Gasteiger partial charge is 0.394 e. The highest BCUT2D eigenvalue weighted by Crippen LogP contribution is 2.26. The van der Waals surface area contributed by atoms with Crippen molar-refractivity contribution in [3.63, 3.8) is 0 Å². The number of hydrogen-bond acceptors (Lipinski definition) is 4. The van der Waals surface area contributed by atoms with E-state index in [4.69, 9.17) is 5.73 Å². The molecule has 0 bridgehead atoms. The summed E-state index contributed by atoms with van der Waals surface area (Å²) in [5, 5.41) is 11.7. The lowest BCUT2D eigenvalue weighted by Gasteiger charge is -2.04. The van der Waals surface area contributed by atoms with Crippen LogP contribution >= 0.6 is 11.3 Å². The van der Waals surface area contributed by atoms with Crippen LogP contribution in [0.5, 0.6) is 0 Å². The van der Waals surface area contributed by atoms with Gasteiger partial charge in [0.1, 0.15) is 0 Å². The summed E-state index contributed by atoms with van der Waals surface area (Å²) >= 11 is 1.65. The molecular weight excluding hydrogens is 208 g/mol. The molecule has 0 saturated carbocycles. The van der Waals surface area contributed by atoms with Gasteiger partial charge in [-0.25, -0.2) is 0 Å². The Balaban J connectivity index is 2.32. The number of nitrogens with zero attached hydrogens (tertiary/aromatic N) is 2. The number of aromatic nitrogens is 2. The van der Waals surface area contributed by atoms with Crippen LogP contribution in [0.3, 0.4) is 0 Å². The molecule has 2 aromatic rings. The third kappa shape index (κ3) is 1.83. The van der Waals surface area contributed by atoms with Crippen LogP contribution in [0.15, 0.2) is 16.8 Å². The van der Waals surface area contributed by atoms with E-state index in [0.29, 0.717) is 0 Å². The number of nitrogens with two attached hydrogens (primary N) is 1. The van der Waals surface area contributed by atoms with Crippen LogP contribution in [0.2, 0.25) is 0 Å². The van der Waals surface area contributed by atoms with Gasteiger partial charge in [0.15, 0.2) is 5.82 Å². The van der Waals surface area contributed by atoms with Crippen LogP contribution in [-0.4, -0.2) is 9.78 Å². The van der Waals surface area contributed by atoms with Gasteiger partial charge in [-0.3, -0.25) is 4.68 Å². The predicted molar refractivity (Wildman–Crippen MR) is 64.6 cm³/mol. The third-order valence-electron chi connectivity index (χ3n) is 2.28. The van der Waals surface area contributed by atoms with Gasteiger partial charge in [0.05, 0.1) is 17.1 Å². The molecule has 0 spiro atoms. The van der Waals surface area contributed by atoms with E-state index in [-0.39, 0.29) is 0 Å². The monoisotopic (exact) mass is 222 g/mol. The molecule has 2 heterocycles. The Morgan fingerprint density at radius 2 is 2.40 bits per heavy atom. The molecule has 15 heavy (non-hydrogen) atoms.